The van der Waals surface area contributed by atoms with Crippen molar-refractivity contribution in [2.45, 2.75) is 108 Å². The van der Waals surface area contributed by atoms with Crippen molar-refractivity contribution in [3.63, 3.8) is 0 Å². The normalized spacial score (nSPS) is 12.2. The second kappa shape index (κ2) is 16.3. The quantitative estimate of drug-likeness (QED) is 0.0912. The molecule has 47 heavy (non-hydrogen) atoms. The number of allylic oxidation sites excluding steroid dienone is 2. The summed E-state index contributed by atoms with van der Waals surface area (Å²) in [5.74, 6) is 0.547. The summed E-state index contributed by atoms with van der Waals surface area (Å²) in [6.07, 6.45) is 6.00. The molecule has 1 N–H and O–H groups in total. The molecular weight excluding hydrogens is 797 g/mol. The van der Waals surface area contributed by atoms with Crippen LogP contribution in [0.15, 0.2) is 36.1 Å². The molecule has 0 aliphatic heterocycles. The molecule has 4 nitrogen and oxygen atoms in total. The number of nitrogens with zero attached hydrogens (tertiary/aromatic N) is 2. The van der Waals surface area contributed by atoms with Crippen molar-refractivity contribution in [2.24, 2.45) is 17.3 Å². The fourth-order valence-electron chi connectivity index (χ4n) is 6.33. The van der Waals surface area contributed by atoms with E-state index in [-0.39, 0.29) is 48.9 Å². The smallest absolute Gasteiger partial charge is 0.162 e. The van der Waals surface area contributed by atoms with E-state index in [4.69, 9.17) is 0 Å². The molecule has 3 heterocycles. The van der Waals surface area contributed by atoms with Crippen LogP contribution in [0.5, 0.6) is 0 Å². The number of thiophene rings is 2. The number of aliphatic hydroxyl groups excluding tert-OH is 1. The molecule has 3 aromatic heterocycles. The monoisotopic (exact) mass is 848 g/mol. The van der Waals surface area contributed by atoms with Crippen LogP contribution in [-0.2, 0) is 31.3 Å². The molecule has 5 rings (SSSR count). The van der Waals surface area contributed by atoms with Gasteiger partial charge in [0.1, 0.15) is 0 Å². The van der Waals surface area contributed by atoms with E-state index in [0.29, 0.717) is 0 Å². The molecule has 0 aliphatic rings. The van der Waals surface area contributed by atoms with Gasteiger partial charge < -0.3 is 5.11 Å². The first-order chi connectivity index (χ1) is 21.7. The minimum absolute atomic E-state index is 0. The third-order valence-corrected chi connectivity index (χ3v) is 11.1. The van der Waals surface area contributed by atoms with Crippen molar-refractivity contribution in [1.82, 2.24) is 10.2 Å². The van der Waals surface area contributed by atoms with Crippen molar-refractivity contribution in [3.05, 3.63) is 69.4 Å². The molecule has 0 unspecified atom stereocenters. The molecule has 0 aliphatic carbocycles. The van der Waals surface area contributed by atoms with Crippen molar-refractivity contribution in [1.29, 1.82) is 0 Å². The minimum Gasteiger partial charge on any atom is -0.512 e. The van der Waals surface area contributed by atoms with Gasteiger partial charge in [-0.25, -0.2) is 0 Å². The van der Waals surface area contributed by atoms with Gasteiger partial charge in [-0.1, -0.05) is 62.3 Å². The average Bonchev–Trinajstić information content (AvgIpc) is 3.49. The number of carbonyl (C=O) groups is 1. The number of benzene rings is 2. The van der Waals surface area contributed by atoms with Crippen LogP contribution in [0.4, 0.5) is 0 Å². The molecule has 0 saturated heterocycles. The van der Waals surface area contributed by atoms with Gasteiger partial charge in [-0.05, 0) is 74.4 Å². The van der Waals surface area contributed by atoms with Crippen molar-refractivity contribution >= 4 is 58.7 Å². The first kappa shape index (κ1) is 39.0. The zero-order chi connectivity index (χ0) is 33.9. The van der Waals surface area contributed by atoms with Crippen molar-refractivity contribution in [2.75, 3.05) is 0 Å². The molecule has 0 amide bonds. The van der Waals surface area contributed by atoms with Gasteiger partial charge in [0.15, 0.2) is 5.78 Å². The summed E-state index contributed by atoms with van der Waals surface area (Å²) in [6, 6.07) is 12.6. The number of rotatable bonds is 9. The van der Waals surface area contributed by atoms with Gasteiger partial charge in [0.05, 0.1) is 11.5 Å². The Morgan fingerprint density at radius 1 is 0.872 bits per heavy atom. The number of hydrogen-bond donors (Lipinski definition) is 1. The first-order valence-corrected chi connectivity index (χ1v) is 18.4. The molecule has 2 aromatic carbocycles. The number of carbonyl (C=O) groups excluding carboxylic acids is 1. The van der Waals surface area contributed by atoms with Gasteiger partial charge in [0, 0.05) is 73.5 Å². The molecule has 0 spiro atoms. The van der Waals surface area contributed by atoms with Crippen LogP contribution >= 0.6 is 22.7 Å². The summed E-state index contributed by atoms with van der Waals surface area (Å²) in [5, 5.41) is 22.9. The number of aliphatic hydroxyl groups is 1. The van der Waals surface area contributed by atoms with Crippen LogP contribution in [-0.4, -0.2) is 21.1 Å². The topological polar surface area (TPSA) is 63.1 Å². The van der Waals surface area contributed by atoms with Crippen molar-refractivity contribution in [3.8, 4) is 11.3 Å². The average molecular weight is 848 g/mol. The van der Waals surface area contributed by atoms with Gasteiger partial charge in [-0.15, -0.1) is 57.6 Å². The number of aromatic nitrogens is 2. The van der Waals surface area contributed by atoms with E-state index >= 15 is 0 Å². The third kappa shape index (κ3) is 8.97. The largest absolute Gasteiger partial charge is 0.512 e. The fraction of sp³-hybridized carbons (Fsp3) is 0.475. The van der Waals surface area contributed by atoms with Gasteiger partial charge in [-0.2, -0.15) is 10.2 Å². The van der Waals surface area contributed by atoms with E-state index in [9.17, 15) is 9.90 Å². The third-order valence-electron chi connectivity index (χ3n) is 8.87. The standard InChI is InChI=1S/C27H27N2S2.C13H24O2.Ir/c1-14-8-15(2)10-18(9-14)25-26-24(16(3)28-29-25)20-12-22-19(11-23(20)31-26)21(17(4)30-22)13-27(5,6)7;1-5-10(6-2)12(14)9-13(15)11(7-3)8-4;/h8-9,11-12H,13H2,1-7H3;9-11,14H,5-8H2,1-4H3;/q-1;;/b;12-9-;. The molecule has 0 saturated carbocycles. The maximum atomic E-state index is 11.7. The Balaban J connectivity index is 0.000000322. The fourth-order valence-corrected chi connectivity index (χ4v) is 8.71. The minimum atomic E-state index is 0. The van der Waals surface area contributed by atoms with Gasteiger partial charge in [0.25, 0.3) is 0 Å². The molecule has 7 heteroatoms. The van der Waals surface area contributed by atoms with Crippen LogP contribution in [0, 0.1) is 51.0 Å². The Bertz CT molecular complexity index is 1870. The summed E-state index contributed by atoms with van der Waals surface area (Å²) in [5.41, 5.74) is 7.11. The molecule has 0 fully saturated rings. The summed E-state index contributed by atoms with van der Waals surface area (Å²) in [4.78, 5) is 13.2. The Morgan fingerprint density at radius 2 is 1.47 bits per heavy atom. The summed E-state index contributed by atoms with van der Waals surface area (Å²) >= 11 is 3.76. The predicted octanol–water partition coefficient (Wildman–Crippen LogP) is 12.2. The van der Waals surface area contributed by atoms with Gasteiger partial charge >= 0.3 is 0 Å². The van der Waals surface area contributed by atoms with Crippen molar-refractivity contribution < 1.29 is 30.0 Å². The zero-order valence-corrected chi connectivity index (χ0v) is 34.0. The molecule has 255 valence electrons. The van der Waals surface area contributed by atoms with E-state index in [0.717, 1.165) is 54.6 Å². The van der Waals surface area contributed by atoms with E-state index < -0.39 is 0 Å². The van der Waals surface area contributed by atoms with E-state index in [2.05, 4.69) is 89.0 Å². The van der Waals surface area contributed by atoms with E-state index in [1.54, 1.807) is 0 Å². The molecule has 0 atom stereocenters. The molecule has 0 bridgehead atoms. The van der Waals surface area contributed by atoms with Crippen LogP contribution in [0.25, 0.3) is 41.5 Å². The summed E-state index contributed by atoms with van der Waals surface area (Å²) < 4.78 is 3.91. The number of ketones is 1. The second-order valence-corrected chi connectivity index (χ2v) is 16.2. The molecular formula is C40H51IrN2O2S2-. The molecule has 5 aromatic rings. The van der Waals surface area contributed by atoms with Crippen LogP contribution in [0.2, 0.25) is 0 Å². The van der Waals surface area contributed by atoms with Crippen LogP contribution in [0.3, 0.4) is 0 Å². The summed E-state index contributed by atoms with van der Waals surface area (Å²) in [6.45, 7) is 23.6. The maximum absolute atomic E-state index is 11.7. The van der Waals surface area contributed by atoms with E-state index in [1.807, 2.05) is 50.4 Å². The number of hydrogen-bond acceptors (Lipinski definition) is 6. The predicted molar refractivity (Wildman–Crippen MR) is 201 cm³/mol. The van der Waals surface area contributed by atoms with Crippen LogP contribution in [0.1, 0.15) is 101 Å². The summed E-state index contributed by atoms with van der Waals surface area (Å²) in [7, 11) is 0. The maximum Gasteiger partial charge on any atom is 0.162 e. The van der Waals surface area contributed by atoms with Gasteiger partial charge in [-0.3, -0.25) is 4.79 Å². The Morgan fingerprint density at radius 3 is 2.04 bits per heavy atom. The number of aryl methyl sites for hydroxylation is 4. The Kier molecular flexibility index (Phi) is 13.5. The van der Waals surface area contributed by atoms with E-state index in [1.165, 1.54) is 52.3 Å². The zero-order valence-electron chi connectivity index (χ0n) is 30.0. The second-order valence-electron chi connectivity index (χ2n) is 13.9. The molecule has 1 radical (unpaired) electrons. The SMILES string of the molecule is CCC(CC)C(=O)/C=C(\O)C(CC)CC.Cc1[c-]c(-c2nnc(C)c3c2sc2cc4c(CC(C)(C)C)c(C)sc4cc23)cc(C)c1.[Ir]. The Labute approximate surface area is 303 Å². The number of fused-ring (bicyclic) bond motifs is 4. The first-order valence-electron chi connectivity index (χ1n) is 16.8. The van der Waals surface area contributed by atoms with Gasteiger partial charge in [0.2, 0.25) is 0 Å². The Hall–Kier alpha value is -2.44. The van der Waals surface area contributed by atoms with Crippen LogP contribution < -0.4 is 0 Å².